The number of hydrogen-bond acceptors (Lipinski definition) is 6. The fourth-order valence-corrected chi connectivity index (χ4v) is 5.47. The number of hydrogen-bond donors (Lipinski definition) is 0. The number of halogens is 3. The summed E-state index contributed by atoms with van der Waals surface area (Å²) in [5.74, 6) is -0.0218. The molecule has 2 saturated heterocycles. The van der Waals surface area contributed by atoms with Gasteiger partial charge in [-0.1, -0.05) is 31.9 Å². The molecule has 1 atom stereocenters. The zero-order valence-corrected chi connectivity index (χ0v) is 21.3. The molecule has 2 fully saturated rings. The Kier molecular flexibility index (Phi) is 8.67. The molecule has 1 aromatic heterocycles. The van der Waals surface area contributed by atoms with Gasteiger partial charge < -0.3 is 9.80 Å². The third-order valence-corrected chi connectivity index (χ3v) is 7.48. The quantitative estimate of drug-likeness (QED) is 0.413. The Morgan fingerprint density at radius 3 is 2.43 bits per heavy atom. The molecule has 198 valence electrons. The number of benzene rings is 1. The van der Waals surface area contributed by atoms with Crippen LogP contribution >= 0.6 is 0 Å². The Labute approximate surface area is 216 Å². The van der Waals surface area contributed by atoms with Gasteiger partial charge in [0, 0.05) is 32.1 Å². The minimum Gasteiger partial charge on any atom is -0.356 e. The fourth-order valence-electron chi connectivity index (χ4n) is 5.47. The monoisotopic (exact) mass is 513 g/mol. The van der Waals surface area contributed by atoms with Gasteiger partial charge >= 0.3 is 6.18 Å². The molecule has 2 aromatic rings. The predicted molar refractivity (Wildman–Crippen MR) is 136 cm³/mol. The highest BCUT2D eigenvalue weighted by atomic mass is 19.4. The smallest absolute Gasteiger partial charge is 0.356 e. The molecule has 0 N–H and O–H groups in total. The first kappa shape index (κ1) is 26.9. The van der Waals surface area contributed by atoms with Crippen LogP contribution in [0.5, 0.6) is 0 Å². The van der Waals surface area contributed by atoms with E-state index in [0.29, 0.717) is 62.6 Å². The third kappa shape index (κ3) is 6.79. The SMILES string of the molecule is CCCC1CCN(c2cc(N3CCC[C@H]3C(=O)CCCc3ccc(C#N)cc3)nc(C(F)(F)F)n2)CC1. The number of piperidine rings is 1. The number of carbonyl (C=O) groups excluding carboxylic acids is 1. The number of carbonyl (C=O) groups is 1. The Hall–Kier alpha value is -3.15. The van der Waals surface area contributed by atoms with Crippen LogP contribution in [0.2, 0.25) is 0 Å². The summed E-state index contributed by atoms with van der Waals surface area (Å²) in [6.45, 7) is 4.00. The van der Waals surface area contributed by atoms with Crippen molar-refractivity contribution in [2.75, 3.05) is 29.4 Å². The van der Waals surface area contributed by atoms with E-state index in [9.17, 15) is 18.0 Å². The van der Waals surface area contributed by atoms with E-state index < -0.39 is 18.0 Å². The molecule has 0 bridgehead atoms. The molecule has 0 amide bonds. The summed E-state index contributed by atoms with van der Waals surface area (Å²) in [6.07, 6.45) is 2.50. The molecule has 0 spiro atoms. The van der Waals surface area contributed by atoms with Gasteiger partial charge in [0.1, 0.15) is 11.6 Å². The molecule has 2 aliphatic heterocycles. The van der Waals surface area contributed by atoms with Gasteiger partial charge in [-0.2, -0.15) is 18.4 Å². The largest absolute Gasteiger partial charge is 0.451 e. The van der Waals surface area contributed by atoms with E-state index in [1.807, 2.05) is 17.0 Å². The summed E-state index contributed by atoms with van der Waals surface area (Å²) < 4.78 is 41.2. The highest BCUT2D eigenvalue weighted by molar-refractivity contribution is 5.87. The van der Waals surface area contributed by atoms with Crippen LogP contribution in [0, 0.1) is 17.2 Å². The van der Waals surface area contributed by atoms with Crippen LogP contribution in [-0.2, 0) is 17.4 Å². The molecule has 0 radical (unpaired) electrons. The second-order valence-electron chi connectivity index (χ2n) is 10.1. The standard InChI is InChI=1S/C28H34F3N5O/c1-2-5-20-13-16-35(17-14-20)25-18-26(34-27(33-25)28(29,30)31)36-15-4-7-23(36)24(37)8-3-6-21-9-11-22(19-32)12-10-21/h9-12,18,20,23H,2-8,13-17H2,1H3/t23-/m0/s1. The van der Waals surface area contributed by atoms with Crippen LogP contribution in [0.25, 0.3) is 0 Å². The first-order valence-electron chi connectivity index (χ1n) is 13.3. The summed E-state index contributed by atoms with van der Waals surface area (Å²) >= 11 is 0. The van der Waals surface area contributed by atoms with Crippen molar-refractivity contribution in [2.24, 2.45) is 5.92 Å². The molecule has 0 saturated carbocycles. The number of anilines is 2. The van der Waals surface area contributed by atoms with Crippen molar-refractivity contribution in [1.29, 1.82) is 5.26 Å². The van der Waals surface area contributed by atoms with E-state index >= 15 is 0 Å². The van der Waals surface area contributed by atoms with Crippen LogP contribution in [0.1, 0.15) is 75.2 Å². The van der Waals surface area contributed by atoms with Gasteiger partial charge in [-0.05, 0) is 62.1 Å². The number of Topliss-reactive ketones (excluding diaryl/α,β-unsaturated/α-hetero) is 1. The average Bonchev–Trinajstić information content (AvgIpc) is 3.39. The van der Waals surface area contributed by atoms with Crippen LogP contribution in [-0.4, -0.2) is 41.4 Å². The van der Waals surface area contributed by atoms with Crippen molar-refractivity contribution in [3.05, 3.63) is 47.3 Å². The Morgan fingerprint density at radius 2 is 1.78 bits per heavy atom. The van der Waals surface area contributed by atoms with E-state index in [1.54, 1.807) is 23.1 Å². The van der Waals surface area contributed by atoms with Crippen molar-refractivity contribution >= 4 is 17.4 Å². The zero-order chi connectivity index (χ0) is 26.4. The fraction of sp³-hybridized carbons (Fsp3) is 0.571. The van der Waals surface area contributed by atoms with Crippen molar-refractivity contribution in [1.82, 2.24) is 9.97 Å². The molecule has 3 heterocycles. The number of ketones is 1. The van der Waals surface area contributed by atoms with Crippen LogP contribution in [0.4, 0.5) is 24.8 Å². The summed E-state index contributed by atoms with van der Waals surface area (Å²) in [7, 11) is 0. The zero-order valence-electron chi connectivity index (χ0n) is 21.3. The van der Waals surface area contributed by atoms with Gasteiger partial charge in [-0.15, -0.1) is 0 Å². The van der Waals surface area contributed by atoms with Crippen LogP contribution in [0.15, 0.2) is 30.3 Å². The van der Waals surface area contributed by atoms with Gasteiger partial charge in [0.25, 0.3) is 0 Å². The number of rotatable bonds is 9. The molecule has 0 unspecified atom stereocenters. The average molecular weight is 514 g/mol. The topological polar surface area (TPSA) is 73.1 Å². The molecule has 6 nitrogen and oxygen atoms in total. The summed E-state index contributed by atoms with van der Waals surface area (Å²) in [5, 5.41) is 8.93. The molecule has 9 heteroatoms. The third-order valence-electron chi connectivity index (χ3n) is 7.48. The highest BCUT2D eigenvalue weighted by Gasteiger charge is 2.38. The highest BCUT2D eigenvalue weighted by Crippen LogP contribution is 2.34. The molecule has 4 rings (SSSR count). The second-order valence-corrected chi connectivity index (χ2v) is 10.1. The molecule has 2 aliphatic rings. The van der Waals surface area contributed by atoms with E-state index in [-0.39, 0.29) is 11.6 Å². The maximum atomic E-state index is 13.7. The lowest BCUT2D eigenvalue weighted by atomic mass is 9.92. The van der Waals surface area contributed by atoms with Crippen LogP contribution in [0.3, 0.4) is 0 Å². The van der Waals surface area contributed by atoms with Gasteiger partial charge in [0.2, 0.25) is 5.82 Å². The first-order chi connectivity index (χ1) is 17.8. The number of alkyl halides is 3. The Bertz CT molecular complexity index is 1100. The van der Waals surface area contributed by atoms with Crippen molar-refractivity contribution < 1.29 is 18.0 Å². The van der Waals surface area contributed by atoms with Gasteiger partial charge in [0.15, 0.2) is 5.78 Å². The van der Waals surface area contributed by atoms with Crippen molar-refractivity contribution in [3.63, 3.8) is 0 Å². The minimum absolute atomic E-state index is 0.0280. The van der Waals surface area contributed by atoms with E-state index in [2.05, 4.69) is 23.0 Å². The number of aromatic nitrogens is 2. The molecule has 0 aliphatic carbocycles. The van der Waals surface area contributed by atoms with Gasteiger partial charge in [0.05, 0.1) is 17.7 Å². The lowest BCUT2D eigenvalue weighted by Crippen LogP contribution is -2.38. The van der Waals surface area contributed by atoms with Crippen LogP contribution < -0.4 is 9.80 Å². The summed E-state index contributed by atoms with van der Waals surface area (Å²) in [6, 6.07) is 10.5. The van der Waals surface area contributed by atoms with E-state index in [1.165, 1.54) is 0 Å². The summed E-state index contributed by atoms with van der Waals surface area (Å²) in [4.78, 5) is 24.6. The van der Waals surface area contributed by atoms with E-state index in [0.717, 1.165) is 37.7 Å². The molecular formula is C28H34F3N5O. The molecule has 37 heavy (non-hydrogen) atoms. The number of nitrogens with zero attached hydrogens (tertiary/aromatic N) is 5. The predicted octanol–water partition coefficient (Wildman–Crippen LogP) is 5.94. The van der Waals surface area contributed by atoms with Gasteiger partial charge in [-0.3, -0.25) is 4.79 Å². The minimum atomic E-state index is -4.66. The van der Waals surface area contributed by atoms with Crippen molar-refractivity contribution in [2.45, 2.75) is 76.9 Å². The lowest BCUT2D eigenvalue weighted by Gasteiger charge is -2.34. The Balaban J connectivity index is 1.46. The Morgan fingerprint density at radius 1 is 1.08 bits per heavy atom. The summed E-state index contributed by atoms with van der Waals surface area (Å²) in [5.41, 5.74) is 1.64. The molecular weight excluding hydrogens is 479 g/mol. The van der Waals surface area contributed by atoms with Gasteiger partial charge in [-0.25, -0.2) is 9.97 Å². The second kappa shape index (κ2) is 11.9. The number of nitriles is 1. The maximum absolute atomic E-state index is 13.7. The lowest BCUT2D eigenvalue weighted by molar-refractivity contribution is -0.144. The molecule has 1 aromatic carbocycles. The van der Waals surface area contributed by atoms with Crippen molar-refractivity contribution in [3.8, 4) is 6.07 Å². The van der Waals surface area contributed by atoms with E-state index in [4.69, 9.17) is 5.26 Å². The number of aryl methyl sites for hydroxylation is 1. The first-order valence-corrected chi connectivity index (χ1v) is 13.3. The normalized spacial score (nSPS) is 18.7. The maximum Gasteiger partial charge on any atom is 0.451 e.